The molecule has 11 nitrogen and oxygen atoms in total. The highest BCUT2D eigenvalue weighted by Gasteiger charge is 2.21. The van der Waals surface area contributed by atoms with E-state index >= 15 is 0 Å². The van der Waals surface area contributed by atoms with E-state index in [9.17, 15) is 24.3 Å². The second-order valence-corrected chi connectivity index (χ2v) is 10.7. The van der Waals surface area contributed by atoms with Gasteiger partial charge in [-0.25, -0.2) is 4.79 Å². The molecule has 0 saturated carbocycles. The number of nitrogens with zero attached hydrogens (tertiary/aromatic N) is 1. The number of anilines is 1. The lowest BCUT2D eigenvalue weighted by Crippen LogP contribution is -2.27. The minimum atomic E-state index is -1.27. The topological polar surface area (TPSA) is 180 Å². The molecule has 0 heterocycles. The van der Waals surface area contributed by atoms with Gasteiger partial charge in [0, 0.05) is 23.4 Å². The summed E-state index contributed by atoms with van der Waals surface area (Å²) in [5, 5.41) is 24.6. The van der Waals surface area contributed by atoms with Crippen LogP contribution in [0, 0.1) is 5.92 Å². The average Bonchev–Trinajstić information content (AvgIpc) is 3.06. The fraction of sp³-hybridized carbons (Fsp3) is 0.171. The monoisotopic (exact) mass is 622 g/mol. The van der Waals surface area contributed by atoms with Crippen molar-refractivity contribution in [3.63, 3.8) is 0 Å². The highest BCUT2D eigenvalue weighted by Crippen LogP contribution is 2.32. The third kappa shape index (κ3) is 8.64. The number of carboxylic acid groups (broad SMARTS) is 1. The van der Waals surface area contributed by atoms with Crippen molar-refractivity contribution in [1.82, 2.24) is 5.32 Å². The molecule has 3 amide bonds. The summed E-state index contributed by atoms with van der Waals surface area (Å²) in [5.41, 5.74) is 8.23. The van der Waals surface area contributed by atoms with E-state index in [0.29, 0.717) is 29.1 Å². The van der Waals surface area contributed by atoms with Crippen LogP contribution in [0.1, 0.15) is 56.0 Å². The van der Waals surface area contributed by atoms with E-state index < -0.39 is 30.3 Å². The number of aliphatic imine (C=N–C) groups is 1. The number of aromatic carboxylic acids is 1. The molecule has 0 saturated heterocycles. The van der Waals surface area contributed by atoms with Crippen LogP contribution in [0.25, 0.3) is 11.1 Å². The predicted octanol–water partition coefficient (Wildman–Crippen LogP) is 4.49. The van der Waals surface area contributed by atoms with Crippen LogP contribution >= 0.6 is 0 Å². The smallest absolute Gasteiger partial charge is 0.336 e. The lowest BCUT2D eigenvalue weighted by Gasteiger charge is -2.16. The van der Waals surface area contributed by atoms with Gasteiger partial charge in [-0.15, -0.1) is 0 Å². The number of carbonyl (C=O) groups is 4. The van der Waals surface area contributed by atoms with Gasteiger partial charge in [0.1, 0.15) is 24.8 Å². The molecule has 4 rings (SSSR count). The molecule has 236 valence electrons. The number of amidine groups is 1. The third-order valence-electron chi connectivity index (χ3n) is 6.78. The third-order valence-corrected chi connectivity index (χ3v) is 6.78. The van der Waals surface area contributed by atoms with Gasteiger partial charge in [0.05, 0.1) is 11.1 Å². The number of nitrogens with two attached hydrogens (primary N) is 1. The number of benzene rings is 4. The molecule has 0 aromatic heterocycles. The van der Waals surface area contributed by atoms with Gasteiger partial charge in [0.15, 0.2) is 0 Å². The number of nitrogens with one attached hydrogen (secondary N) is 2. The predicted molar refractivity (Wildman–Crippen MR) is 174 cm³/mol. The van der Waals surface area contributed by atoms with Crippen molar-refractivity contribution in [2.24, 2.45) is 16.6 Å². The van der Waals surface area contributed by atoms with E-state index in [1.807, 2.05) is 44.2 Å². The normalized spacial score (nSPS) is 11.2. The SMILES string of the molecule is CC(C)CNC(=O)c1ccc(-c2ccc(OCc3ccccc3)cc2C(=O)Nc2ccc(C(N)=NC(=O)CO)cc2)c(C(=O)O)c1. The summed E-state index contributed by atoms with van der Waals surface area (Å²) >= 11 is 0. The molecule has 0 aliphatic carbocycles. The summed E-state index contributed by atoms with van der Waals surface area (Å²) in [6.07, 6.45) is 0. The fourth-order valence-electron chi connectivity index (χ4n) is 4.43. The van der Waals surface area contributed by atoms with E-state index in [1.165, 1.54) is 24.3 Å². The molecule has 0 unspecified atom stereocenters. The number of rotatable bonds is 12. The zero-order valence-electron chi connectivity index (χ0n) is 25.3. The standard InChI is InChI=1S/C35H34N4O7/c1-21(2)18-37-33(42)24-10-14-28(30(16-24)35(44)45)27-15-13-26(46-20-22-6-4-3-5-7-22)17-29(27)34(43)38-25-11-8-23(9-12-25)32(36)39-31(41)19-40/h3-17,21,40H,18-20H2,1-2H3,(H,37,42)(H,38,43)(H,44,45)(H2,36,39,41). The summed E-state index contributed by atoms with van der Waals surface area (Å²) in [5.74, 6) is -2.51. The van der Waals surface area contributed by atoms with Gasteiger partial charge in [-0.1, -0.05) is 50.2 Å². The van der Waals surface area contributed by atoms with Gasteiger partial charge in [-0.3, -0.25) is 14.4 Å². The molecule has 0 aliphatic rings. The summed E-state index contributed by atoms with van der Waals surface area (Å²) in [6, 6.07) is 24.8. The first-order valence-electron chi connectivity index (χ1n) is 14.4. The van der Waals surface area contributed by atoms with Gasteiger partial charge in [0.25, 0.3) is 17.7 Å². The molecule has 0 spiro atoms. The van der Waals surface area contributed by atoms with Gasteiger partial charge in [-0.05, 0) is 77.2 Å². The Morgan fingerprint density at radius 1 is 0.826 bits per heavy atom. The molecule has 0 bridgehead atoms. The van der Waals surface area contributed by atoms with Crippen LogP contribution in [0.5, 0.6) is 5.75 Å². The van der Waals surface area contributed by atoms with Crippen molar-refractivity contribution in [3.05, 3.63) is 119 Å². The summed E-state index contributed by atoms with van der Waals surface area (Å²) in [6.45, 7) is 3.80. The van der Waals surface area contributed by atoms with E-state index in [4.69, 9.17) is 15.6 Å². The number of carboxylic acids is 1. The molecule has 46 heavy (non-hydrogen) atoms. The van der Waals surface area contributed by atoms with Gasteiger partial charge < -0.3 is 31.3 Å². The Balaban J connectivity index is 1.70. The van der Waals surface area contributed by atoms with Crippen LogP contribution in [-0.2, 0) is 11.4 Å². The Kier molecular flexibility index (Phi) is 11.0. The summed E-state index contributed by atoms with van der Waals surface area (Å²) < 4.78 is 5.96. The fourth-order valence-corrected chi connectivity index (χ4v) is 4.43. The number of amides is 3. The van der Waals surface area contributed by atoms with Crippen molar-refractivity contribution in [3.8, 4) is 16.9 Å². The number of aliphatic hydroxyl groups is 1. The Morgan fingerprint density at radius 3 is 2.13 bits per heavy atom. The van der Waals surface area contributed by atoms with E-state index in [0.717, 1.165) is 5.56 Å². The van der Waals surface area contributed by atoms with Crippen molar-refractivity contribution in [1.29, 1.82) is 0 Å². The quantitative estimate of drug-likeness (QED) is 0.113. The Labute approximate surface area is 265 Å². The van der Waals surface area contributed by atoms with Crippen LogP contribution in [0.15, 0.2) is 96.0 Å². The zero-order chi connectivity index (χ0) is 33.2. The number of hydrogen-bond acceptors (Lipinski definition) is 6. The van der Waals surface area contributed by atoms with Crippen molar-refractivity contribution < 1.29 is 34.1 Å². The first-order chi connectivity index (χ1) is 22.0. The highest BCUT2D eigenvalue weighted by molar-refractivity contribution is 6.11. The van der Waals surface area contributed by atoms with E-state index in [2.05, 4.69) is 15.6 Å². The lowest BCUT2D eigenvalue weighted by atomic mass is 9.93. The van der Waals surface area contributed by atoms with Gasteiger partial charge in [-0.2, -0.15) is 4.99 Å². The molecule has 4 aromatic rings. The van der Waals surface area contributed by atoms with Crippen molar-refractivity contribution in [2.45, 2.75) is 20.5 Å². The van der Waals surface area contributed by atoms with Gasteiger partial charge >= 0.3 is 5.97 Å². The molecule has 4 aromatic carbocycles. The molecule has 0 atom stereocenters. The summed E-state index contributed by atoms with van der Waals surface area (Å²) in [4.78, 5) is 53.8. The van der Waals surface area contributed by atoms with E-state index in [1.54, 1.807) is 36.4 Å². The number of aliphatic hydroxyl groups excluding tert-OH is 1. The number of ether oxygens (including phenoxy) is 1. The van der Waals surface area contributed by atoms with Crippen LogP contribution < -0.4 is 21.1 Å². The lowest BCUT2D eigenvalue weighted by molar-refractivity contribution is -0.120. The minimum absolute atomic E-state index is 0.0926. The molecular weight excluding hydrogens is 588 g/mol. The Morgan fingerprint density at radius 2 is 1.48 bits per heavy atom. The molecule has 6 N–H and O–H groups in total. The minimum Gasteiger partial charge on any atom is -0.489 e. The summed E-state index contributed by atoms with van der Waals surface area (Å²) in [7, 11) is 0. The van der Waals surface area contributed by atoms with Gasteiger partial charge in [0.2, 0.25) is 0 Å². The average molecular weight is 623 g/mol. The maximum atomic E-state index is 13.7. The van der Waals surface area contributed by atoms with Crippen LogP contribution in [0.3, 0.4) is 0 Å². The maximum absolute atomic E-state index is 13.7. The molecule has 0 aliphatic heterocycles. The Bertz CT molecular complexity index is 1770. The van der Waals surface area contributed by atoms with Crippen LogP contribution in [-0.4, -0.2) is 52.9 Å². The van der Waals surface area contributed by atoms with Crippen LogP contribution in [0.4, 0.5) is 5.69 Å². The second kappa shape index (κ2) is 15.3. The van der Waals surface area contributed by atoms with Crippen molar-refractivity contribution >= 4 is 35.2 Å². The molecule has 11 heteroatoms. The molecule has 0 radical (unpaired) electrons. The first-order valence-corrected chi connectivity index (χ1v) is 14.4. The number of carbonyl (C=O) groups excluding carboxylic acids is 3. The maximum Gasteiger partial charge on any atom is 0.336 e. The van der Waals surface area contributed by atoms with Crippen LogP contribution in [0.2, 0.25) is 0 Å². The zero-order valence-corrected chi connectivity index (χ0v) is 25.3. The molecule has 0 fully saturated rings. The number of hydrogen-bond donors (Lipinski definition) is 5. The molecular formula is C35H34N4O7. The second-order valence-electron chi connectivity index (χ2n) is 10.7. The van der Waals surface area contributed by atoms with Crippen molar-refractivity contribution in [2.75, 3.05) is 18.5 Å². The highest BCUT2D eigenvalue weighted by atomic mass is 16.5. The Hall–Kier alpha value is -5.81. The largest absolute Gasteiger partial charge is 0.489 e. The van der Waals surface area contributed by atoms with E-state index in [-0.39, 0.29) is 40.6 Å². The first kappa shape index (κ1) is 33.1.